The maximum atomic E-state index is 7.02. The van der Waals surface area contributed by atoms with E-state index in [1.54, 1.807) is 7.11 Å². The van der Waals surface area contributed by atoms with E-state index >= 15 is 0 Å². The van der Waals surface area contributed by atoms with Crippen LogP contribution in [0, 0.1) is 11.8 Å². The summed E-state index contributed by atoms with van der Waals surface area (Å²) in [5, 5.41) is 0. The molecule has 0 aromatic heterocycles. The van der Waals surface area contributed by atoms with Crippen molar-refractivity contribution in [2.75, 3.05) is 7.11 Å². The number of benzene rings is 1. The number of ether oxygens (including phenoxy) is 1. The third-order valence-corrected chi connectivity index (χ3v) is 5.84. The van der Waals surface area contributed by atoms with Crippen LogP contribution >= 0.6 is 0 Å². The Hall–Kier alpha value is -1.02. The SMILES string of the molecule is COc1cccc(C2(N)CCCCC2C2CCCCC2)c1. The maximum Gasteiger partial charge on any atom is 0.119 e. The molecule has 2 aliphatic carbocycles. The first-order chi connectivity index (χ1) is 10.2. The van der Waals surface area contributed by atoms with Crippen molar-refractivity contribution in [2.24, 2.45) is 17.6 Å². The summed E-state index contributed by atoms with van der Waals surface area (Å²) in [6.45, 7) is 0. The average molecular weight is 287 g/mol. The van der Waals surface area contributed by atoms with Crippen LogP contribution < -0.4 is 10.5 Å². The van der Waals surface area contributed by atoms with Crippen LogP contribution in [0.3, 0.4) is 0 Å². The molecule has 1 aromatic carbocycles. The van der Waals surface area contributed by atoms with E-state index in [4.69, 9.17) is 10.5 Å². The highest BCUT2D eigenvalue weighted by atomic mass is 16.5. The van der Waals surface area contributed by atoms with E-state index in [9.17, 15) is 0 Å². The Bertz CT molecular complexity index is 466. The predicted molar refractivity (Wildman–Crippen MR) is 87.4 cm³/mol. The summed E-state index contributed by atoms with van der Waals surface area (Å²) in [6, 6.07) is 8.49. The van der Waals surface area contributed by atoms with Crippen molar-refractivity contribution in [1.29, 1.82) is 0 Å². The molecule has 0 amide bonds. The molecule has 0 spiro atoms. The van der Waals surface area contributed by atoms with Gasteiger partial charge in [0.2, 0.25) is 0 Å². The zero-order chi connectivity index (χ0) is 14.7. The standard InChI is InChI=1S/C19H29NO/c1-21-17-11-7-10-16(14-17)19(20)13-6-5-12-18(19)15-8-3-2-4-9-15/h7,10-11,14-15,18H,2-6,8-9,12-13,20H2,1H3. The fourth-order valence-corrected chi connectivity index (χ4v) is 4.69. The lowest BCUT2D eigenvalue weighted by atomic mass is 9.62. The van der Waals surface area contributed by atoms with Gasteiger partial charge in [-0.25, -0.2) is 0 Å². The Morgan fingerprint density at radius 1 is 1.05 bits per heavy atom. The molecular weight excluding hydrogens is 258 g/mol. The largest absolute Gasteiger partial charge is 0.497 e. The lowest BCUT2D eigenvalue weighted by molar-refractivity contribution is 0.0984. The highest BCUT2D eigenvalue weighted by Crippen LogP contribution is 2.47. The first-order valence-electron chi connectivity index (χ1n) is 8.67. The lowest BCUT2D eigenvalue weighted by Gasteiger charge is -2.47. The zero-order valence-electron chi connectivity index (χ0n) is 13.3. The van der Waals surface area contributed by atoms with Gasteiger partial charge in [-0.1, -0.05) is 57.1 Å². The van der Waals surface area contributed by atoms with Crippen LogP contribution in [0.1, 0.15) is 63.4 Å². The highest BCUT2D eigenvalue weighted by Gasteiger charge is 2.42. The van der Waals surface area contributed by atoms with Crippen LogP contribution in [0.25, 0.3) is 0 Å². The first kappa shape index (κ1) is 14.9. The minimum Gasteiger partial charge on any atom is -0.497 e. The molecule has 2 N–H and O–H groups in total. The number of hydrogen-bond donors (Lipinski definition) is 1. The van der Waals surface area contributed by atoms with Gasteiger partial charge < -0.3 is 10.5 Å². The fourth-order valence-electron chi connectivity index (χ4n) is 4.69. The summed E-state index contributed by atoms with van der Waals surface area (Å²) in [5.74, 6) is 2.42. The minimum absolute atomic E-state index is 0.144. The van der Waals surface area contributed by atoms with Crippen LogP contribution in [0.15, 0.2) is 24.3 Å². The Balaban J connectivity index is 1.90. The van der Waals surface area contributed by atoms with Gasteiger partial charge >= 0.3 is 0 Å². The Kier molecular flexibility index (Phi) is 4.54. The number of hydrogen-bond acceptors (Lipinski definition) is 2. The van der Waals surface area contributed by atoms with E-state index in [1.807, 2.05) is 6.07 Å². The van der Waals surface area contributed by atoms with Crippen molar-refractivity contribution >= 4 is 0 Å². The molecule has 2 unspecified atom stereocenters. The normalized spacial score (nSPS) is 31.0. The van der Waals surface area contributed by atoms with E-state index in [0.717, 1.165) is 18.1 Å². The quantitative estimate of drug-likeness (QED) is 0.880. The van der Waals surface area contributed by atoms with Gasteiger partial charge in [-0.15, -0.1) is 0 Å². The second-order valence-electron chi connectivity index (χ2n) is 7.02. The molecule has 0 radical (unpaired) electrons. The molecule has 1 aromatic rings. The first-order valence-corrected chi connectivity index (χ1v) is 8.67. The van der Waals surface area contributed by atoms with Crippen LogP contribution in [0.2, 0.25) is 0 Å². The van der Waals surface area contributed by atoms with Gasteiger partial charge in [0.15, 0.2) is 0 Å². The van der Waals surface area contributed by atoms with E-state index in [-0.39, 0.29) is 5.54 Å². The maximum absolute atomic E-state index is 7.02. The number of nitrogens with two attached hydrogens (primary N) is 1. The fraction of sp³-hybridized carbons (Fsp3) is 0.684. The summed E-state index contributed by atoms with van der Waals surface area (Å²) < 4.78 is 5.42. The van der Waals surface area contributed by atoms with Crippen molar-refractivity contribution in [3.05, 3.63) is 29.8 Å². The van der Waals surface area contributed by atoms with Crippen molar-refractivity contribution in [1.82, 2.24) is 0 Å². The van der Waals surface area contributed by atoms with Crippen molar-refractivity contribution in [2.45, 2.75) is 63.3 Å². The van der Waals surface area contributed by atoms with Crippen LogP contribution in [-0.2, 0) is 5.54 Å². The lowest BCUT2D eigenvalue weighted by Crippen LogP contribution is -2.49. The van der Waals surface area contributed by atoms with Crippen LogP contribution in [0.5, 0.6) is 5.75 Å². The Morgan fingerprint density at radius 3 is 2.57 bits per heavy atom. The summed E-state index contributed by atoms with van der Waals surface area (Å²) in [6.07, 6.45) is 12.0. The van der Waals surface area contributed by atoms with E-state index in [2.05, 4.69) is 18.2 Å². The van der Waals surface area contributed by atoms with Crippen molar-refractivity contribution < 1.29 is 4.74 Å². The van der Waals surface area contributed by atoms with Crippen LogP contribution in [0.4, 0.5) is 0 Å². The summed E-state index contributed by atoms with van der Waals surface area (Å²) in [7, 11) is 1.74. The zero-order valence-corrected chi connectivity index (χ0v) is 13.3. The monoisotopic (exact) mass is 287 g/mol. The molecule has 0 saturated heterocycles. The molecule has 2 saturated carbocycles. The Labute approximate surface area is 129 Å². The molecule has 116 valence electrons. The molecule has 0 bridgehead atoms. The van der Waals surface area contributed by atoms with Gasteiger partial charge in [0, 0.05) is 5.54 Å². The third-order valence-electron chi connectivity index (χ3n) is 5.84. The second-order valence-corrected chi connectivity index (χ2v) is 7.02. The summed E-state index contributed by atoms with van der Waals surface area (Å²) in [5.41, 5.74) is 8.17. The number of rotatable bonds is 3. The topological polar surface area (TPSA) is 35.2 Å². The molecule has 2 atom stereocenters. The molecule has 0 heterocycles. The molecule has 3 rings (SSSR count). The van der Waals surface area contributed by atoms with Gasteiger partial charge in [-0.05, 0) is 42.4 Å². The molecule has 2 aliphatic rings. The highest BCUT2D eigenvalue weighted by molar-refractivity contribution is 5.34. The van der Waals surface area contributed by atoms with Crippen LogP contribution in [-0.4, -0.2) is 7.11 Å². The minimum atomic E-state index is -0.144. The van der Waals surface area contributed by atoms with Gasteiger partial charge in [0.05, 0.1) is 7.11 Å². The third kappa shape index (κ3) is 2.96. The van der Waals surface area contributed by atoms with Gasteiger partial charge in [0.25, 0.3) is 0 Å². The summed E-state index contributed by atoms with van der Waals surface area (Å²) in [4.78, 5) is 0. The predicted octanol–water partition coefficient (Wildman–Crippen LogP) is 4.62. The van der Waals surface area contributed by atoms with E-state index < -0.39 is 0 Å². The summed E-state index contributed by atoms with van der Waals surface area (Å²) >= 11 is 0. The molecule has 21 heavy (non-hydrogen) atoms. The average Bonchev–Trinajstić information content (AvgIpc) is 2.56. The van der Waals surface area contributed by atoms with E-state index in [0.29, 0.717) is 5.92 Å². The molecule has 2 heteroatoms. The smallest absolute Gasteiger partial charge is 0.119 e. The number of methoxy groups -OCH3 is 1. The van der Waals surface area contributed by atoms with Gasteiger partial charge in [0.1, 0.15) is 5.75 Å². The van der Waals surface area contributed by atoms with Crippen molar-refractivity contribution in [3.63, 3.8) is 0 Å². The second kappa shape index (κ2) is 6.39. The van der Waals surface area contributed by atoms with Gasteiger partial charge in [-0.2, -0.15) is 0 Å². The molecule has 2 fully saturated rings. The molecular formula is C19H29NO. The molecule has 0 aliphatic heterocycles. The molecule has 2 nitrogen and oxygen atoms in total. The van der Waals surface area contributed by atoms with Crippen molar-refractivity contribution in [3.8, 4) is 5.75 Å². The van der Waals surface area contributed by atoms with Gasteiger partial charge in [-0.3, -0.25) is 0 Å². The van der Waals surface area contributed by atoms with E-state index in [1.165, 1.54) is 56.9 Å². The Morgan fingerprint density at radius 2 is 1.81 bits per heavy atom.